The average molecular weight is 333 g/mol. The summed E-state index contributed by atoms with van der Waals surface area (Å²) >= 11 is 0. The molecule has 0 aliphatic heterocycles. The number of nitriles is 1. The molecule has 0 fully saturated rings. The van der Waals surface area contributed by atoms with E-state index in [0.29, 0.717) is 11.3 Å². The highest BCUT2D eigenvalue weighted by Crippen LogP contribution is 2.27. The maximum Gasteiger partial charge on any atom is 0.258 e. The molecule has 0 aliphatic carbocycles. The van der Waals surface area contributed by atoms with Gasteiger partial charge in [-0.15, -0.1) is 0 Å². The predicted molar refractivity (Wildman–Crippen MR) is 91.9 cm³/mol. The fourth-order valence-electron chi connectivity index (χ4n) is 2.63. The van der Waals surface area contributed by atoms with E-state index in [2.05, 4.69) is 5.32 Å². The highest BCUT2D eigenvalue weighted by Gasteiger charge is 2.22. The molecule has 6 heteroatoms. The minimum atomic E-state index is -0.417. The van der Waals surface area contributed by atoms with Crippen LogP contribution in [-0.2, 0) is 0 Å². The Labute approximate surface area is 144 Å². The summed E-state index contributed by atoms with van der Waals surface area (Å²) in [6.07, 6.45) is 3.81. The number of nitrogens with zero attached hydrogens (tertiary/aromatic N) is 2. The molecular formula is C19H15N3O3. The van der Waals surface area contributed by atoms with Crippen LogP contribution in [0.15, 0.2) is 53.2 Å². The van der Waals surface area contributed by atoms with E-state index in [9.17, 15) is 14.9 Å². The van der Waals surface area contributed by atoms with E-state index >= 15 is 0 Å². The Morgan fingerprint density at radius 2 is 1.80 bits per heavy atom. The van der Waals surface area contributed by atoms with E-state index in [-0.39, 0.29) is 22.8 Å². The number of rotatable bonds is 4. The van der Waals surface area contributed by atoms with Gasteiger partial charge in [0.2, 0.25) is 5.88 Å². The Morgan fingerprint density at radius 3 is 2.36 bits per heavy atom. The molecule has 2 heterocycles. The Balaban J connectivity index is 1.85. The highest BCUT2D eigenvalue weighted by atomic mass is 16.4. The van der Waals surface area contributed by atoms with Gasteiger partial charge in [0.1, 0.15) is 17.4 Å². The third kappa shape index (κ3) is 3.08. The number of Topliss-reactive ketones (excluding diaryl/α,β-unsaturated/α-hetero) is 1. The third-order valence-corrected chi connectivity index (χ3v) is 3.81. The highest BCUT2D eigenvalue weighted by molar-refractivity contribution is 6.06. The van der Waals surface area contributed by atoms with E-state index < -0.39 is 5.91 Å². The van der Waals surface area contributed by atoms with Crippen LogP contribution in [-0.4, -0.2) is 16.3 Å². The number of benzene rings is 1. The number of aromatic nitrogens is 1. The van der Waals surface area contributed by atoms with Gasteiger partial charge in [-0.25, -0.2) is 0 Å². The summed E-state index contributed by atoms with van der Waals surface area (Å²) in [5, 5.41) is 11.8. The maximum atomic E-state index is 12.4. The standard InChI is InChI=1S/C19H15N3O3/c1-12(23)17-13(2)25-19(16(17)11-20)21-18(24)14-5-7-15(8-6-14)22-9-3-4-10-22/h3-10H,1-2H3,(H,21,24). The Bertz CT molecular complexity index is 974. The normalized spacial score (nSPS) is 10.3. The number of hydrogen-bond acceptors (Lipinski definition) is 4. The van der Waals surface area contributed by atoms with Crippen LogP contribution in [0, 0.1) is 18.3 Å². The van der Waals surface area contributed by atoms with Gasteiger partial charge in [-0.05, 0) is 50.2 Å². The second-order valence-electron chi connectivity index (χ2n) is 5.50. The molecule has 0 saturated carbocycles. The molecule has 1 aromatic carbocycles. The van der Waals surface area contributed by atoms with Crippen molar-refractivity contribution in [3.63, 3.8) is 0 Å². The van der Waals surface area contributed by atoms with Crippen LogP contribution >= 0.6 is 0 Å². The van der Waals surface area contributed by atoms with E-state index in [1.54, 1.807) is 19.1 Å². The van der Waals surface area contributed by atoms with Crippen molar-refractivity contribution < 1.29 is 14.0 Å². The van der Waals surface area contributed by atoms with Crippen molar-refractivity contribution in [1.29, 1.82) is 5.26 Å². The van der Waals surface area contributed by atoms with E-state index in [4.69, 9.17) is 4.42 Å². The fourth-order valence-corrected chi connectivity index (χ4v) is 2.63. The van der Waals surface area contributed by atoms with Crippen LogP contribution in [0.3, 0.4) is 0 Å². The number of hydrogen-bond donors (Lipinski definition) is 1. The first-order chi connectivity index (χ1) is 12.0. The minimum Gasteiger partial charge on any atom is -0.443 e. The first kappa shape index (κ1) is 16.3. The molecule has 1 amide bonds. The molecule has 25 heavy (non-hydrogen) atoms. The summed E-state index contributed by atoms with van der Waals surface area (Å²) < 4.78 is 7.31. The van der Waals surface area contributed by atoms with Gasteiger partial charge < -0.3 is 8.98 Å². The van der Waals surface area contributed by atoms with Crippen molar-refractivity contribution in [3.05, 3.63) is 71.2 Å². The summed E-state index contributed by atoms with van der Waals surface area (Å²) in [6, 6.07) is 12.7. The van der Waals surface area contributed by atoms with Crippen LogP contribution in [0.4, 0.5) is 5.88 Å². The largest absolute Gasteiger partial charge is 0.443 e. The lowest BCUT2D eigenvalue weighted by Crippen LogP contribution is -2.12. The molecule has 0 saturated heterocycles. The first-order valence-corrected chi connectivity index (χ1v) is 7.60. The van der Waals surface area contributed by atoms with Crippen molar-refractivity contribution in [3.8, 4) is 11.8 Å². The minimum absolute atomic E-state index is 0.00955. The maximum absolute atomic E-state index is 12.4. The second kappa shape index (κ2) is 6.49. The number of nitrogens with one attached hydrogen (secondary N) is 1. The van der Waals surface area contributed by atoms with Gasteiger partial charge in [0, 0.05) is 23.6 Å². The fraction of sp³-hybridized carbons (Fsp3) is 0.105. The molecule has 0 unspecified atom stereocenters. The molecule has 0 atom stereocenters. The Morgan fingerprint density at radius 1 is 1.16 bits per heavy atom. The number of amides is 1. The molecule has 0 radical (unpaired) electrons. The van der Waals surface area contributed by atoms with Crippen molar-refractivity contribution in [2.45, 2.75) is 13.8 Å². The van der Waals surface area contributed by atoms with Gasteiger partial charge in [0.25, 0.3) is 5.91 Å². The van der Waals surface area contributed by atoms with Crippen LogP contribution < -0.4 is 5.32 Å². The zero-order valence-electron chi connectivity index (χ0n) is 13.7. The monoisotopic (exact) mass is 333 g/mol. The van der Waals surface area contributed by atoms with Crippen molar-refractivity contribution >= 4 is 17.6 Å². The quantitative estimate of drug-likeness (QED) is 0.737. The molecule has 3 aromatic rings. The molecule has 0 bridgehead atoms. The zero-order valence-corrected chi connectivity index (χ0v) is 13.7. The van der Waals surface area contributed by atoms with E-state index in [1.165, 1.54) is 6.92 Å². The molecule has 2 aromatic heterocycles. The van der Waals surface area contributed by atoms with Gasteiger partial charge in [-0.1, -0.05) is 0 Å². The van der Waals surface area contributed by atoms with Gasteiger partial charge in [-0.2, -0.15) is 5.26 Å². The zero-order chi connectivity index (χ0) is 18.0. The predicted octanol–water partition coefficient (Wildman–Crippen LogP) is 3.71. The van der Waals surface area contributed by atoms with Gasteiger partial charge in [-0.3, -0.25) is 14.9 Å². The molecule has 6 nitrogen and oxygen atoms in total. The lowest BCUT2D eigenvalue weighted by Gasteiger charge is -2.05. The lowest BCUT2D eigenvalue weighted by atomic mass is 10.1. The number of ketones is 1. The smallest absolute Gasteiger partial charge is 0.258 e. The molecule has 3 rings (SSSR count). The van der Waals surface area contributed by atoms with Crippen LogP contribution in [0.25, 0.3) is 5.69 Å². The first-order valence-electron chi connectivity index (χ1n) is 7.60. The SMILES string of the molecule is CC(=O)c1c(C)oc(NC(=O)c2ccc(-n3cccc3)cc2)c1C#N. The molecule has 0 spiro atoms. The van der Waals surface area contributed by atoms with Crippen LogP contribution in [0.1, 0.15) is 39.0 Å². The van der Waals surface area contributed by atoms with E-state index in [0.717, 1.165) is 5.69 Å². The lowest BCUT2D eigenvalue weighted by molar-refractivity contribution is 0.101. The summed E-state index contributed by atoms with van der Waals surface area (Å²) in [5.74, 6) is -0.402. The summed E-state index contributed by atoms with van der Waals surface area (Å²) in [5.41, 5.74) is 1.58. The summed E-state index contributed by atoms with van der Waals surface area (Å²) in [6.45, 7) is 2.93. The molecule has 1 N–H and O–H groups in total. The Hall–Kier alpha value is -3.59. The average Bonchev–Trinajstić information content (AvgIpc) is 3.22. The van der Waals surface area contributed by atoms with Gasteiger partial charge in [0.15, 0.2) is 5.78 Å². The van der Waals surface area contributed by atoms with Crippen molar-refractivity contribution in [2.24, 2.45) is 0 Å². The molecular weight excluding hydrogens is 318 g/mol. The van der Waals surface area contributed by atoms with Gasteiger partial charge >= 0.3 is 0 Å². The second-order valence-corrected chi connectivity index (χ2v) is 5.50. The summed E-state index contributed by atoms with van der Waals surface area (Å²) in [7, 11) is 0. The third-order valence-electron chi connectivity index (χ3n) is 3.81. The number of carbonyl (C=O) groups is 2. The Kier molecular flexibility index (Phi) is 4.23. The van der Waals surface area contributed by atoms with Crippen LogP contribution in [0.2, 0.25) is 0 Å². The summed E-state index contributed by atoms with van der Waals surface area (Å²) in [4.78, 5) is 24.0. The number of furan rings is 1. The van der Waals surface area contributed by atoms with E-state index in [1.807, 2.05) is 47.3 Å². The van der Waals surface area contributed by atoms with Crippen molar-refractivity contribution in [2.75, 3.05) is 5.32 Å². The topological polar surface area (TPSA) is 88.0 Å². The number of anilines is 1. The van der Waals surface area contributed by atoms with Crippen molar-refractivity contribution in [1.82, 2.24) is 4.57 Å². The van der Waals surface area contributed by atoms with Crippen LogP contribution in [0.5, 0.6) is 0 Å². The molecule has 0 aliphatic rings. The number of carbonyl (C=O) groups excluding carboxylic acids is 2. The van der Waals surface area contributed by atoms with Gasteiger partial charge in [0.05, 0.1) is 5.56 Å². The number of aryl methyl sites for hydroxylation is 1. The molecule has 124 valence electrons.